The lowest BCUT2D eigenvalue weighted by Crippen LogP contribution is -2.50. The smallest absolute Gasteiger partial charge is 0.320 e. The van der Waals surface area contributed by atoms with Gasteiger partial charge in [0.2, 0.25) is 0 Å². The molecule has 0 aliphatic carbocycles. The molecule has 2 unspecified atom stereocenters. The predicted octanol–water partition coefficient (Wildman–Crippen LogP) is 2.24. The summed E-state index contributed by atoms with van der Waals surface area (Å²) >= 11 is 0. The van der Waals surface area contributed by atoms with E-state index in [1.54, 1.807) is 31.3 Å². The molecule has 23 heavy (non-hydrogen) atoms. The Labute approximate surface area is 132 Å². The molecule has 0 saturated carbocycles. The van der Waals surface area contributed by atoms with Crippen LogP contribution in [-0.2, 0) is 0 Å². The van der Waals surface area contributed by atoms with Crippen LogP contribution >= 0.6 is 0 Å². The van der Waals surface area contributed by atoms with Crippen LogP contribution in [0.25, 0.3) is 0 Å². The summed E-state index contributed by atoms with van der Waals surface area (Å²) in [5.41, 5.74) is 7.21. The van der Waals surface area contributed by atoms with Crippen LogP contribution in [-0.4, -0.2) is 25.0 Å². The number of para-hydroxylation sites is 1. The standard InChI is InChI=1S/C17H16FN3O2/c1-20-16-14(15(22)10-6-8-11(18)9-7-10)12-4-2-3-5-13(12)21(16)17(19)23/h2-9,14,16,20H,1H3,(H2,19,23). The second kappa shape index (κ2) is 5.81. The first-order chi connectivity index (χ1) is 11.0. The number of benzene rings is 2. The lowest BCUT2D eigenvalue weighted by atomic mass is 9.90. The highest BCUT2D eigenvalue weighted by Crippen LogP contribution is 2.41. The maximum Gasteiger partial charge on any atom is 0.320 e. The largest absolute Gasteiger partial charge is 0.351 e. The van der Waals surface area contributed by atoms with Crippen molar-refractivity contribution in [1.82, 2.24) is 5.32 Å². The number of ketones is 1. The van der Waals surface area contributed by atoms with Crippen LogP contribution in [0.15, 0.2) is 48.5 Å². The van der Waals surface area contributed by atoms with Gasteiger partial charge in [-0.3, -0.25) is 15.0 Å². The number of likely N-dealkylation sites (N-methyl/N-ethyl adjacent to an activating group) is 1. The Morgan fingerprint density at radius 2 is 1.78 bits per heavy atom. The molecule has 0 bridgehead atoms. The third-order valence-corrected chi connectivity index (χ3v) is 4.07. The molecule has 0 radical (unpaired) electrons. The van der Waals surface area contributed by atoms with Crippen LogP contribution in [0, 0.1) is 5.82 Å². The van der Waals surface area contributed by atoms with Gasteiger partial charge in [-0.15, -0.1) is 0 Å². The normalized spacial score (nSPS) is 19.5. The van der Waals surface area contributed by atoms with Gasteiger partial charge in [-0.25, -0.2) is 9.18 Å². The number of Topliss-reactive ketones (excluding diaryl/α,β-unsaturated/α-hetero) is 1. The van der Waals surface area contributed by atoms with Crippen LogP contribution in [0.5, 0.6) is 0 Å². The first-order valence-electron chi connectivity index (χ1n) is 7.19. The molecule has 2 atom stereocenters. The van der Waals surface area contributed by atoms with Gasteiger partial charge in [-0.1, -0.05) is 18.2 Å². The van der Waals surface area contributed by atoms with Gasteiger partial charge in [-0.05, 0) is 42.9 Å². The number of urea groups is 1. The number of anilines is 1. The van der Waals surface area contributed by atoms with E-state index >= 15 is 0 Å². The van der Waals surface area contributed by atoms with Crippen LogP contribution < -0.4 is 16.0 Å². The van der Waals surface area contributed by atoms with Gasteiger partial charge in [0.05, 0.1) is 11.6 Å². The molecule has 2 aromatic carbocycles. The average molecular weight is 313 g/mol. The van der Waals surface area contributed by atoms with Crippen molar-refractivity contribution in [3.63, 3.8) is 0 Å². The van der Waals surface area contributed by atoms with E-state index in [2.05, 4.69) is 5.32 Å². The van der Waals surface area contributed by atoms with Crippen LogP contribution in [0.4, 0.5) is 14.9 Å². The first kappa shape index (κ1) is 15.2. The minimum atomic E-state index is -0.633. The van der Waals surface area contributed by atoms with Gasteiger partial charge in [-0.2, -0.15) is 0 Å². The quantitative estimate of drug-likeness (QED) is 0.853. The predicted molar refractivity (Wildman–Crippen MR) is 84.8 cm³/mol. The van der Waals surface area contributed by atoms with Crippen molar-refractivity contribution >= 4 is 17.5 Å². The Morgan fingerprint density at radius 3 is 2.39 bits per heavy atom. The van der Waals surface area contributed by atoms with Gasteiger partial charge < -0.3 is 5.73 Å². The average Bonchev–Trinajstić information content (AvgIpc) is 2.89. The Kier molecular flexibility index (Phi) is 3.83. The molecule has 3 rings (SSSR count). The summed E-state index contributed by atoms with van der Waals surface area (Å²) in [4.78, 5) is 26.1. The van der Waals surface area contributed by atoms with Gasteiger partial charge in [0.1, 0.15) is 12.0 Å². The SMILES string of the molecule is CNC1C(C(=O)c2ccc(F)cc2)c2ccccc2N1C(N)=O. The third-order valence-electron chi connectivity index (χ3n) is 4.07. The van der Waals surface area contributed by atoms with Crippen molar-refractivity contribution in [1.29, 1.82) is 0 Å². The van der Waals surface area contributed by atoms with E-state index in [1.165, 1.54) is 29.2 Å². The molecule has 1 aliphatic rings. The fraction of sp³-hybridized carbons (Fsp3) is 0.176. The maximum absolute atomic E-state index is 13.1. The van der Waals surface area contributed by atoms with E-state index in [9.17, 15) is 14.0 Å². The van der Waals surface area contributed by atoms with Crippen molar-refractivity contribution in [2.75, 3.05) is 11.9 Å². The molecule has 2 amide bonds. The molecular formula is C17H16FN3O2. The molecular weight excluding hydrogens is 297 g/mol. The number of hydrogen-bond donors (Lipinski definition) is 2. The summed E-state index contributed by atoms with van der Waals surface area (Å²) in [6, 6.07) is 11.9. The molecule has 0 spiro atoms. The van der Waals surface area contributed by atoms with Crippen LogP contribution in [0.3, 0.4) is 0 Å². The molecule has 5 nitrogen and oxygen atoms in total. The van der Waals surface area contributed by atoms with E-state index in [1.807, 2.05) is 0 Å². The molecule has 1 heterocycles. The van der Waals surface area contributed by atoms with Gasteiger partial charge in [0.15, 0.2) is 5.78 Å². The number of primary amides is 1. The number of hydrogen-bond acceptors (Lipinski definition) is 3. The second-order valence-electron chi connectivity index (χ2n) is 5.35. The molecule has 0 saturated heterocycles. The summed E-state index contributed by atoms with van der Waals surface area (Å²) in [7, 11) is 1.66. The van der Waals surface area contributed by atoms with Crippen LogP contribution in [0.2, 0.25) is 0 Å². The summed E-state index contributed by atoms with van der Waals surface area (Å²) in [5.74, 6) is -1.20. The topological polar surface area (TPSA) is 75.4 Å². The summed E-state index contributed by atoms with van der Waals surface area (Å²) < 4.78 is 13.1. The number of fused-ring (bicyclic) bond motifs is 1. The number of nitrogens with two attached hydrogens (primary N) is 1. The zero-order valence-electron chi connectivity index (χ0n) is 12.5. The van der Waals surface area contributed by atoms with Crippen molar-refractivity contribution in [3.05, 3.63) is 65.5 Å². The first-order valence-corrected chi connectivity index (χ1v) is 7.19. The Morgan fingerprint density at radius 1 is 1.13 bits per heavy atom. The van der Waals surface area contributed by atoms with E-state index in [0.29, 0.717) is 11.3 Å². The Hall–Kier alpha value is -2.73. The second-order valence-corrected chi connectivity index (χ2v) is 5.35. The maximum atomic E-state index is 13.1. The van der Waals surface area contributed by atoms with Gasteiger partial charge in [0, 0.05) is 5.56 Å². The minimum Gasteiger partial charge on any atom is -0.351 e. The Bertz CT molecular complexity index is 761. The van der Waals surface area contributed by atoms with Crippen molar-refractivity contribution in [3.8, 4) is 0 Å². The van der Waals surface area contributed by atoms with Gasteiger partial charge in [0.25, 0.3) is 0 Å². The molecule has 0 fully saturated rings. The highest BCUT2D eigenvalue weighted by molar-refractivity contribution is 6.06. The number of carbonyl (C=O) groups is 2. The van der Waals surface area contributed by atoms with E-state index in [0.717, 1.165) is 5.56 Å². The zero-order valence-corrected chi connectivity index (χ0v) is 12.5. The summed E-state index contributed by atoms with van der Waals surface area (Å²) in [5, 5.41) is 2.98. The fourth-order valence-corrected chi connectivity index (χ4v) is 3.07. The molecule has 0 aromatic heterocycles. The lowest BCUT2D eigenvalue weighted by Gasteiger charge is -2.26. The highest BCUT2D eigenvalue weighted by atomic mass is 19.1. The molecule has 2 aromatic rings. The molecule has 6 heteroatoms. The van der Waals surface area contributed by atoms with Crippen LogP contribution in [0.1, 0.15) is 21.8 Å². The molecule has 118 valence electrons. The lowest BCUT2D eigenvalue weighted by molar-refractivity contribution is 0.0947. The fourth-order valence-electron chi connectivity index (χ4n) is 3.07. The number of nitrogens with zero attached hydrogens (tertiary/aromatic N) is 1. The number of nitrogens with one attached hydrogen (secondary N) is 1. The molecule has 3 N–H and O–H groups in total. The monoisotopic (exact) mass is 313 g/mol. The zero-order chi connectivity index (χ0) is 16.6. The minimum absolute atomic E-state index is 0.194. The van der Waals surface area contributed by atoms with E-state index in [4.69, 9.17) is 5.73 Å². The van der Waals surface area contributed by atoms with Crippen molar-refractivity contribution in [2.24, 2.45) is 5.73 Å². The molecule has 1 aliphatic heterocycles. The third kappa shape index (κ3) is 2.47. The van der Waals surface area contributed by atoms with E-state index < -0.39 is 23.9 Å². The number of carbonyl (C=O) groups excluding carboxylic acids is 2. The summed E-state index contributed by atoms with van der Waals surface area (Å²) in [6.45, 7) is 0. The van der Waals surface area contributed by atoms with Crippen molar-refractivity contribution in [2.45, 2.75) is 12.1 Å². The summed E-state index contributed by atoms with van der Waals surface area (Å²) in [6.07, 6.45) is -0.581. The highest BCUT2D eigenvalue weighted by Gasteiger charge is 2.44. The number of rotatable bonds is 3. The van der Waals surface area contributed by atoms with E-state index in [-0.39, 0.29) is 5.78 Å². The number of amides is 2. The number of halogens is 1. The van der Waals surface area contributed by atoms with Gasteiger partial charge >= 0.3 is 6.03 Å². The van der Waals surface area contributed by atoms with Crippen molar-refractivity contribution < 1.29 is 14.0 Å². The Balaban J connectivity index is 2.08.